The van der Waals surface area contributed by atoms with Gasteiger partial charge in [-0.05, 0) is 50.1 Å². The fraction of sp³-hybridized carbons (Fsp3) is 0.500. The Morgan fingerprint density at radius 3 is 2.27 bits per heavy atom. The highest BCUT2D eigenvalue weighted by atomic mass is 32.2. The molecular formula is C26H38N6O4S. The van der Waals surface area contributed by atoms with Crippen molar-refractivity contribution in [1.82, 2.24) is 9.29 Å². The number of fused-ring (bicyclic) bond motifs is 1. The smallest absolute Gasteiger partial charge is 0.208 e. The molecule has 2 rings (SSSR count). The average molecular weight is 531 g/mol. The molecule has 0 amide bonds. The van der Waals surface area contributed by atoms with Crippen LogP contribution in [0, 0.1) is 28.1 Å². The molecule has 202 valence electrons. The molecule has 2 aromatic rings. The van der Waals surface area contributed by atoms with Gasteiger partial charge in [0.1, 0.15) is 5.84 Å². The molecule has 0 spiro atoms. The predicted molar refractivity (Wildman–Crippen MR) is 147 cm³/mol. The number of amidine groups is 1. The summed E-state index contributed by atoms with van der Waals surface area (Å²) in [6.07, 6.45) is 2.75. The number of hydrogen-bond acceptors (Lipinski definition) is 7. The first kappa shape index (κ1) is 30.0. The number of sulfonamides is 1. The molecule has 0 bridgehead atoms. The quantitative estimate of drug-likeness (QED) is 0.165. The van der Waals surface area contributed by atoms with E-state index in [1.807, 2.05) is 32.0 Å². The topological polar surface area (TPSA) is 183 Å². The monoisotopic (exact) mass is 530 g/mol. The Kier molecular flexibility index (Phi) is 10.4. The second-order valence-electron chi connectivity index (χ2n) is 9.20. The van der Waals surface area contributed by atoms with Crippen molar-refractivity contribution in [2.24, 2.45) is 17.6 Å². The van der Waals surface area contributed by atoms with Crippen LogP contribution in [0.25, 0.3) is 10.9 Å². The van der Waals surface area contributed by atoms with Crippen LogP contribution in [-0.2, 0) is 32.6 Å². The summed E-state index contributed by atoms with van der Waals surface area (Å²) >= 11 is 0. The molecule has 0 aliphatic carbocycles. The number of rotatable bonds is 16. The minimum absolute atomic E-state index is 0.00602. The number of hydrogen-bond donors (Lipinski definition) is 5. The van der Waals surface area contributed by atoms with Gasteiger partial charge in [0.15, 0.2) is 11.6 Å². The largest absolute Gasteiger partial charge is 0.384 e. The number of aryl methyl sites for hydroxylation is 2. The van der Waals surface area contributed by atoms with E-state index < -0.39 is 27.5 Å². The second kappa shape index (κ2) is 12.9. The molecule has 2 atom stereocenters. The fourth-order valence-corrected chi connectivity index (χ4v) is 5.00. The number of Topliss-reactive ketones (excluding diaryl/α,β-unsaturated/α-hetero) is 2. The maximum Gasteiger partial charge on any atom is 0.208 e. The average Bonchev–Trinajstić information content (AvgIpc) is 3.20. The van der Waals surface area contributed by atoms with E-state index in [1.54, 1.807) is 6.92 Å². The van der Waals surface area contributed by atoms with Crippen molar-refractivity contribution >= 4 is 49.8 Å². The van der Waals surface area contributed by atoms with E-state index in [2.05, 4.69) is 15.4 Å². The van der Waals surface area contributed by atoms with Crippen molar-refractivity contribution < 1.29 is 18.0 Å². The van der Waals surface area contributed by atoms with Gasteiger partial charge in [-0.2, -0.15) is 0 Å². The number of nitrogen functional groups attached to an aromatic ring is 1. The van der Waals surface area contributed by atoms with E-state index >= 15 is 0 Å². The first-order valence-electron chi connectivity index (χ1n) is 12.5. The lowest BCUT2D eigenvalue weighted by atomic mass is 9.83. The Labute approximate surface area is 218 Å². The first-order chi connectivity index (χ1) is 17.3. The lowest BCUT2D eigenvalue weighted by Crippen LogP contribution is -2.37. The van der Waals surface area contributed by atoms with Gasteiger partial charge in [-0.15, -0.1) is 0 Å². The summed E-state index contributed by atoms with van der Waals surface area (Å²) in [5.41, 5.74) is 7.88. The molecular weight excluding hydrogens is 492 g/mol. The van der Waals surface area contributed by atoms with E-state index in [4.69, 9.17) is 22.0 Å². The molecule has 0 aliphatic heterocycles. The molecule has 0 saturated heterocycles. The van der Waals surface area contributed by atoms with Crippen molar-refractivity contribution in [3.05, 3.63) is 35.5 Å². The second-order valence-corrected chi connectivity index (χ2v) is 11.0. The minimum atomic E-state index is -3.46. The number of benzene rings is 1. The molecule has 1 aromatic heterocycles. The van der Waals surface area contributed by atoms with E-state index in [1.165, 1.54) is 0 Å². The summed E-state index contributed by atoms with van der Waals surface area (Å²) in [7, 11) is -3.46. The fourth-order valence-electron chi connectivity index (χ4n) is 4.52. The molecule has 0 fully saturated rings. The van der Waals surface area contributed by atoms with Crippen LogP contribution < -0.4 is 10.5 Å². The van der Waals surface area contributed by atoms with Gasteiger partial charge in [-0.25, -0.2) is 13.1 Å². The van der Waals surface area contributed by atoms with Gasteiger partial charge in [-0.3, -0.25) is 15.0 Å². The minimum Gasteiger partial charge on any atom is -0.384 e. The first-order valence-corrected chi connectivity index (χ1v) is 14.4. The molecule has 11 heteroatoms. The van der Waals surface area contributed by atoms with E-state index in [-0.39, 0.29) is 42.6 Å². The third kappa shape index (κ3) is 7.65. The van der Waals surface area contributed by atoms with Crippen molar-refractivity contribution in [3.63, 3.8) is 0 Å². The molecule has 0 saturated carbocycles. The molecule has 37 heavy (non-hydrogen) atoms. The van der Waals surface area contributed by atoms with Crippen LogP contribution in [0.1, 0.15) is 57.7 Å². The van der Waals surface area contributed by atoms with Gasteiger partial charge in [0.25, 0.3) is 0 Å². The van der Waals surface area contributed by atoms with Crippen LogP contribution in [0.2, 0.25) is 0 Å². The number of carbonyl (C=O) groups excluding carboxylic acids is 2. The van der Waals surface area contributed by atoms with Gasteiger partial charge in [0.05, 0.1) is 23.6 Å². The zero-order valence-corrected chi connectivity index (χ0v) is 22.8. The number of nitrogens with one attached hydrogen (secondary N) is 4. The molecule has 0 aliphatic rings. The standard InChI is InChI=1S/C26H38N6O4S/c1-5-16(10-11-19-14-17-8-9-18(26(29)30)15-21(17)32(19)7-3)23(27)25(34)20(6-2)24(28)22(33)12-13-31-37(4,35)36/h8-9,14-16,20,27-28,31H,5-7,10-13H2,1-4H3,(H3,29,30)/t16-,20+/m0/s1. The van der Waals surface area contributed by atoms with Crippen molar-refractivity contribution in [2.45, 2.75) is 59.4 Å². The third-order valence-corrected chi connectivity index (χ3v) is 7.35. The van der Waals surface area contributed by atoms with Crippen LogP contribution in [0.15, 0.2) is 24.3 Å². The molecule has 6 N–H and O–H groups in total. The molecule has 1 heterocycles. The van der Waals surface area contributed by atoms with Gasteiger partial charge < -0.3 is 21.1 Å². The Hall–Kier alpha value is -3.18. The van der Waals surface area contributed by atoms with Crippen LogP contribution in [0.3, 0.4) is 0 Å². The summed E-state index contributed by atoms with van der Waals surface area (Å²) in [6.45, 7) is 6.22. The Morgan fingerprint density at radius 2 is 1.73 bits per heavy atom. The molecule has 0 unspecified atom stereocenters. The summed E-state index contributed by atoms with van der Waals surface area (Å²) < 4.78 is 26.8. The SMILES string of the molecule is CC[C@@H](CCc1cc2ccc(C(=N)N)cc2n1CC)C(=N)C(=O)[C@H](CC)C(=N)C(=O)CCNS(C)(=O)=O. The van der Waals surface area contributed by atoms with Crippen LogP contribution in [0.5, 0.6) is 0 Å². The third-order valence-electron chi connectivity index (χ3n) is 6.62. The highest BCUT2D eigenvalue weighted by Gasteiger charge is 2.31. The maximum absolute atomic E-state index is 13.2. The Morgan fingerprint density at radius 1 is 1.05 bits per heavy atom. The van der Waals surface area contributed by atoms with Crippen molar-refractivity contribution in [1.29, 1.82) is 16.2 Å². The summed E-state index contributed by atoms with van der Waals surface area (Å²) in [5, 5.41) is 25.6. The van der Waals surface area contributed by atoms with Gasteiger partial charge in [0.2, 0.25) is 10.0 Å². The van der Waals surface area contributed by atoms with E-state index in [9.17, 15) is 18.0 Å². The van der Waals surface area contributed by atoms with Gasteiger partial charge in [-0.1, -0.05) is 26.0 Å². The lowest BCUT2D eigenvalue weighted by Gasteiger charge is -2.20. The normalized spacial score (nSPS) is 13.3. The van der Waals surface area contributed by atoms with Gasteiger partial charge in [0, 0.05) is 42.2 Å². The number of nitrogens with two attached hydrogens (primary N) is 1. The zero-order chi connectivity index (χ0) is 27.9. The summed E-state index contributed by atoms with van der Waals surface area (Å²) in [5.74, 6) is -2.46. The van der Waals surface area contributed by atoms with E-state index in [0.717, 1.165) is 29.4 Å². The number of nitrogens with zero attached hydrogens (tertiary/aromatic N) is 1. The van der Waals surface area contributed by atoms with Crippen LogP contribution in [0.4, 0.5) is 0 Å². The maximum atomic E-state index is 13.2. The summed E-state index contributed by atoms with van der Waals surface area (Å²) in [4.78, 5) is 25.6. The Bertz CT molecular complexity index is 1310. The summed E-state index contributed by atoms with van der Waals surface area (Å²) in [6, 6.07) is 7.72. The molecule has 10 nitrogen and oxygen atoms in total. The highest BCUT2D eigenvalue weighted by Crippen LogP contribution is 2.25. The number of carbonyl (C=O) groups is 2. The van der Waals surface area contributed by atoms with Gasteiger partial charge >= 0.3 is 0 Å². The highest BCUT2D eigenvalue weighted by molar-refractivity contribution is 7.88. The van der Waals surface area contributed by atoms with Crippen LogP contribution >= 0.6 is 0 Å². The Balaban J connectivity index is 2.13. The van der Waals surface area contributed by atoms with E-state index in [0.29, 0.717) is 24.8 Å². The zero-order valence-electron chi connectivity index (χ0n) is 22.0. The molecule has 1 aromatic carbocycles. The molecule has 0 radical (unpaired) electrons. The lowest BCUT2D eigenvalue weighted by molar-refractivity contribution is -0.117. The van der Waals surface area contributed by atoms with Crippen molar-refractivity contribution in [3.8, 4) is 0 Å². The van der Waals surface area contributed by atoms with Crippen molar-refractivity contribution in [2.75, 3.05) is 12.8 Å². The number of aromatic nitrogens is 1. The number of ketones is 2. The predicted octanol–water partition coefficient (Wildman–Crippen LogP) is 3.05. The van der Waals surface area contributed by atoms with Crippen LogP contribution in [-0.4, -0.2) is 54.6 Å².